The summed E-state index contributed by atoms with van der Waals surface area (Å²) >= 11 is 0. The van der Waals surface area contributed by atoms with Crippen molar-refractivity contribution in [1.29, 1.82) is 0 Å². The van der Waals surface area contributed by atoms with E-state index in [4.69, 9.17) is 0 Å². The number of aromatic nitrogens is 1. The Kier molecular flexibility index (Phi) is 2.21. The summed E-state index contributed by atoms with van der Waals surface area (Å²) in [5.74, 6) is 0. The van der Waals surface area contributed by atoms with Gasteiger partial charge in [0.25, 0.3) is 10.1 Å². The lowest BCUT2D eigenvalue weighted by Crippen LogP contribution is -2.02. The first kappa shape index (κ1) is 8.16. The van der Waals surface area contributed by atoms with E-state index in [1.54, 1.807) is 0 Å². The normalized spacial score (nSPS) is 11.4. The fraction of sp³-hybridized carbons (Fsp3) is 0.167. The molecule has 0 atom stereocenters. The molecule has 0 radical (unpaired) electrons. The SMILES string of the molecule is COS(=O)(=O)c1ccncc1. The second-order valence-corrected chi connectivity index (χ2v) is 3.52. The second-order valence-electron chi connectivity index (χ2n) is 1.80. The van der Waals surface area contributed by atoms with Crippen LogP contribution in [0.5, 0.6) is 0 Å². The maximum atomic E-state index is 11.0. The fourth-order valence-electron chi connectivity index (χ4n) is 0.601. The fourth-order valence-corrected chi connectivity index (χ4v) is 1.25. The third-order valence-corrected chi connectivity index (χ3v) is 2.45. The Morgan fingerprint density at radius 2 is 1.91 bits per heavy atom. The minimum absolute atomic E-state index is 0.120. The molecule has 1 rings (SSSR count). The Balaban J connectivity index is 3.14. The molecule has 0 aliphatic heterocycles. The van der Waals surface area contributed by atoms with Gasteiger partial charge in [-0.2, -0.15) is 8.42 Å². The highest BCUT2D eigenvalue weighted by atomic mass is 32.2. The van der Waals surface area contributed by atoms with E-state index in [0.29, 0.717) is 0 Å². The summed E-state index contributed by atoms with van der Waals surface area (Å²) in [4.78, 5) is 3.79. The maximum Gasteiger partial charge on any atom is 0.296 e. The lowest BCUT2D eigenvalue weighted by Gasteiger charge is -1.97. The Labute approximate surface area is 65.0 Å². The van der Waals surface area contributed by atoms with Gasteiger partial charge >= 0.3 is 0 Å². The number of hydrogen-bond acceptors (Lipinski definition) is 4. The smallest absolute Gasteiger partial charge is 0.270 e. The van der Waals surface area contributed by atoms with Crippen molar-refractivity contribution in [2.75, 3.05) is 7.11 Å². The molecule has 0 N–H and O–H groups in total. The summed E-state index contributed by atoms with van der Waals surface area (Å²) < 4.78 is 26.2. The van der Waals surface area contributed by atoms with Crippen LogP contribution >= 0.6 is 0 Å². The quantitative estimate of drug-likeness (QED) is 0.608. The molecule has 0 amide bonds. The summed E-state index contributed by atoms with van der Waals surface area (Å²) in [7, 11) is -2.42. The lowest BCUT2D eigenvalue weighted by molar-refractivity contribution is 0.397. The molecule has 0 spiro atoms. The van der Waals surface area contributed by atoms with Gasteiger partial charge in [-0.1, -0.05) is 0 Å². The van der Waals surface area contributed by atoms with E-state index in [9.17, 15) is 8.42 Å². The van der Waals surface area contributed by atoms with Gasteiger partial charge < -0.3 is 0 Å². The molecule has 0 saturated carbocycles. The van der Waals surface area contributed by atoms with E-state index in [0.717, 1.165) is 7.11 Å². The Morgan fingerprint density at radius 3 is 2.36 bits per heavy atom. The summed E-state index contributed by atoms with van der Waals surface area (Å²) in [6.45, 7) is 0. The Hall–Kier alpha value is -0.940. The Bertz CT molecular complexity index is 319. The zero-order chi connectivity index (χ0) is 8.32. The summed E-state index contributed by atoms with van der Waals surface area (Å²) in [6, 6.07) is 2.75. The first-order valence-corrected chi connectivity index (χ1v) is 4.28. The van der Waals surface area contributed by atoms with Gasteiger partial charge in [-0.05, 0) is 12.1 Å². The molecule has 0 aliphatic rings. The van der Waals surface area contributed by atoms with Crippen LogP contribution in [0, 0.1) is 0 Å². The highest BCUT2D eigenvalue weighted by Gasteiger charge is 2.10. The summed E-state index contributed by atoms with van der Waals surface area (Å²) in [5.41, 5.74) is 0. The molecule has 0 aliphatic carbocycles. The topological polar surface area (TPSA) is 56.3 Å². The van der Waals surface area contributed by atoms with Crippen molar-refractivity contribution in [3.8, 4) is 0 Å². The molecular formula is C6H7NO3S. The molecule has 0 aromatic carbocycles. The molecule has 0 fully saturated rings. The molecular weight excluding hydrogens is 166 g/mol. The van der Waals surface area contributed by atoms with Crippen molar-refractivity contribution in [2.45, 2.75) is 4.90 Å². The third-order valence-electron chi connectivity index (χ3n) is 1.16. The molecule has 4 nitrogen and oxygen atoms in total. The van der Waals surface area contributed by atoms with Crippen LogP contribution in [0.3, 0.4) is 0 Å². The number of pyridine rings is 1. The van der Waals surface area contributed by atoms with Crippen LogP contribution in [0.25, 0.3) is 0 Å². The number of rotatable bonds is 2. The largest absolute Gasteiger partial charge is 0.296 e. The van der Waals surface area contributed by atoms with E-state index in [1.165, 1.54) is 24.5 Å². The average Bonchev–Trinajstić information content (AvgIpc) is 2.06. The van der Waals surface area contributed by atoms with Crippen molar-refractivity contribution in [1.82, 2.24) is 4.98 Å². The van der Waals surface area contributed by atoms with Crippen LogP contribution in [-0.4, -0.2) is 20.5 Å². The summed E-state index contributed by atoms with van der Waals surface area (Å²) in [5, 5.41) is 0. The van der Waals surface area contributed by atoms with Gasteiger partial charge in [0.2, 0.25) is 0 Å². The lowest BCUT2D eigenvalue weighted by atomic mass is 10.5. The molecule has 1 heterocycles. The van der Waals surface area contributed by atoms with Crippen molar-refractivity contribution < 1.29 is 12.6 Å². The van der Waals surface area contributed by atoms with Crippen molar-refractivity contribution in [2.24, 2.45) is 0 Å². The average molecular weight is 173 g/mol. The van der Waals surface area contributed by atoms with Gasteiger partial charge in [-0.3, -0.25) is 9.17 Å². The zero-order valence-electron chi connectivity index (χ0n) is 5.89. The van der Waals surface area contributed by atoms with E-state index in [1.807, 2.05) is 0 Å². The minimum atomic E-state index is -3.54. The molecule has 0 bridgehead atoms. The van der Waals surface area contributed by atoms with Crippen LogP contribution < -0.4 is 0 Å². The molecule has 0 unspecified atom stereocenters. The van der Waals surface area contributed by atoms with Crippen LogP contribution in [0.1, 0.15) is 0 Å². The van der Waals surface area contributed by atoms with E-state index >= 15 is 0 Å². The highest BCUT2D eigenvalue weighted by molar-refractivity contribution is 7.86. The Morgan fingerprint density at radius 1 is 1.36 bits per heavy atom. The standard InChI is InChI=1S/C6H7NO3S/c1-10-11(8,9)6-2-4-7-5-3-6/h2-5H,1H3. The minimum Gasteiger partial charge on any atom is -0.270 e. The number of nitrogens with zero attached hydrogens (tertiary/aromatic N) is 1. The van der Waals surface area contributed by atoms with Gasteiger partial charge in [0.1, 0.15) is 0 Å². The van der Waals surface area contributed by atoms with Crippen LogP contribution in [0.2, 0.25) is 0 Å². The van der Waals surface area contributed by atoms with E-state index in [2.05, 4.69) is 9.17 Å². The van der Waals surface area contributed by atoms with E-state index in [-0.39, 0.29) is 4.90 Å². The zero-order valence-corrected chi connectivity index (χ0v) is 6.71. The predicted molar refractivity (Wildman–Crippen MR) is 38.4 cm³/mol. The molecule has 5 heteroatoms. The van der Waals surface area contributed by atoms with Gasteiger partial charge in [-0.15, -0.1) is 0 Å². The van der Waals surface area contributed by atoms with Gasteiger partial charge in [0.15, 0.2) is 0 Å². The van der Waals surface area contributed by atoms with Gasteiger partial charge in [0, 0.05) is 12.4 Å². The van der Waals surface area contributed by atoms with Crippen LogP contribution in [-0.2, 0) is 14.3 Å². The number of hydrogen-bond donors (Lipinski definition) is 0. The van der Waals surface area contributed by atoms with Crippen molar-refractivity contribution in [3.05, 3.63) is 24.5 Å². The molecule has 0 saturated heterocycles. The first-order chi connectivity index (χ1) is 5.17. The molecule has 1 aromatic heterocycles. The van der Waals surface area contributed by atoms with Crippen LogP contribution in [0.4, 0.5) is 0 Å². The summed E-state index contributed by atoms with van der Waals surface area (Å²) in [6.07, 6.45) is 2.79. The highest BCUT2D eigenvalue weighted by Crippen LogP contribution is 2.07. The molecule has 1 aromatic rings. The second kappa shape index (κ2) is 2.98. The van der Waals surface area contributed by atoms with Crippen molar-refractivity contribution in [3.63, 3.8) is 0 Å². The van der Waals surface area contributed by atoms with Gasteiger partial charge in [-0.25, -0.2) is 0 Å². The van der Waals surface area contributed by atoms with Crippen LogP contribution in [0.15, 0.2) is 29.4 Å². The molecule has 60 valence electrons. The van der Waals surface area contributed by atoms with Crippen molar-refractivity contribution >= 4 is 10.1 Å². The molecule has 11 heavy (non-hydrogen) atoms. The predicted octanol–water partition coefficient (Wildman–Crippen LogP) is 0.417. The van der Waals surface area contributed by atoms with E-state index < -0.39 is 10.1 Å². The maximum absolute atomic E-state index is 11.0. The third kappa shape index (κ3) is 1.75. The van der Waals surface area contributed by atoms with Gasteiger partial charge in [0.05, 0.1) is 12.0 Å². The monoisotopic (exact) mass is 173 g/mol. The first-order valence-electron chi connectivity index (χ1n) is 2.87.